The van der Waals surface area contributed by atoms with Crippen molar-refractivity contribution in [2.45, 2.75) is 19.4 Å². The molecule has 0 aliphatic heterocycles. The van der Waals surface area contributed by atoms with Crippen LogP contribution in [0, 0.1) is 11.8 Å². The topological polar surface area (TPSA) is 102 Å². The molecule has 26 heavy (non-hydrogen) atoms. The summed E-state index contributed by atoms with van der Waals surface area (Å²) in [7, 11) is 0. The Morgan fingerprint density at radius 1 is 1.27 bits per heavy atom. The van der Waals surface area contributed by atoms with E-state index in [1.165, 1.54) is 16.9 Å². The zero-order valence-corrected chi connectivity index (χ0v) is 14.3. The maximum absolute atomic E-state index is 12.9. The predicted octanol–water partition coefficient (Wildman–Crippen LogP) is 1.96. The first-order valence-electron chi connectivity index (χ1n) is 8.54. The third kappa shape index (κ3) is 2.81. The summed E-state index contributed by atoms with van der Waals surface area (Å²) in [6, 6.07) is 11.5. The molecule has 1 aliphatic carbocycles. The van der Waals surface area contributed by atoms with Gasteiger partial charge in [0.05, 0.1) is 12.2 Å². The van der Waals surface area contributed by atoms with Crippen molar-refractivity contribution in [2.24, 2.45) is 17.6 Å². The summed E-state index contributed by atoms with van der Waals surface area (Å²) in [4.78, 5) is 28.5. The van der Waals surface area contributed by atoms with Gasteiger partial charge in [0.25, 0.3) is 11.8 Å². The SMILES string of the molecule is C[C@@H]1C[C@@H]1[C@H](NC(=O)c1ccnc2c(C(N)=O)cnn12)c1ccccc1. The van der Waals surface area contributed by atoms with Crippen molar-refractivity contribution in [3.8, 4) is 0 Å². The Balaban J connectivity index is 1.67. The summed E-state index contributed by atoms with van der Waals surface area (Å²) >= 11 is 0. The molecule has 3 aromatic rings. The monoisotopic (exact) mass is 349 g/mol. The molecule has 3 N–H and O–H groups in total. The number of rotatable bonds is 5. The molecule has 0 bridgehead atoms. The van der Waals surface area contributed by atoms with Crippen molar-refractivity contribution >= 4 is 17.5 Å². The molecule has 2 heterocycles. The summed E-state index contributed by atoms with van der Waals surface area (Å²) in [6.45, 7) is 2.18. The standard InChI is InChI=1S/C19H19N5O2/c1-11-9-13(11)16(12-5-3-2-4-6-12)23-19(26)15-7-8-21-18-14(17(20)25)10-22-24(15)18/h2-8,10-11,13,16H,9H2,1H3,(H2,20,25)(H,23,26)/t11-,13+,16-/m1/s1. The number of benzene rings is 1. The number of hydrogen-bond acceptors (Lipinski definition) is 4. The number of primary amides is 1. The van der Waals surface area contributed by atoms with Gasteiger partial charge in [0.1, 0.15) is 11.3 Å². The zero-order chi connectivity index (χ0) is 18.3. The molecule has 0 saturated heterocycles. The third-order valence-electron chi connectivity index (χ3n) is 4.94. The highest BCUT2D eigenvalue weighted by Crippen LogP contribution is 2.47. The number of amides is 2. The fraction of sp³-hybridized carbons (Fsp3) is 0.263. The highest BCUT2D eigenvalue weighted by atomic mass is 16.2. The van der Waals surface area contributed by atoms with E-state index in [0.717, 1.165) is 12.0 Å². The lowest BCUT2D eigenvalue weighted by atomic mass is 10.0. The van der Waals surface area contributed by atoms with Crippen LogP contribution in [0.1, 0.15) is 45.8 Å². The average Bonchev–Trinajstić information content (AvgIpc) is 3.19. The molecular weight excluding hydrogens is 330 g/mol. The van der Waals surface area contributed by atoms with Crippen LogP contribution < -0.4 is 11.1 Å². The summed E-state index contributed by atoms with van der Waals surface area (Å²) in [5, 5.41) is 7.24. The van der Waals surface area contributed by atoms with Crippen LogP contribution in [-0.4, -0.2) is 26.4 Å². The van der Waals surface area contributed by atoms with E-state index in [2.05, 4.69) is 22.3 Å². The third-order valence-corrected chi connectivity index (χ3v) is 4.94. The minimum absolute atomic E-state index is 0.0620. The molecule has 132 valence electrons. The van der Waals surface area contributed by atoms with Crippen LogP contribution in [-0.2, 0) is 0 Å². The van der Waals surface area contributed by atoms with Gasteiger partial charge in [0.2, 0.25) is 0 Å². The van der Waals surface area contributed by atoms with Crippen LogP contribution in [0.5, 0.6) is 0 Å². The summed E-state index contributed by atoms with van der Waals surface area (Å²) in [5.41, 5.74) is 7.21. The maximum atomic E-state index is 12.9. The smallest absolute Gasteiger partial charge is 0.270 e. The Bertz CT molecular complexity index is 982. The van der Waals surface area contributed by atoms with Gasteiger partial charge in [-0.3, -0.25) is 9.59 Å². The van der Waals surface area contributed by atoms with E-state index in [1.54, 1.807) is 6.07 Å². The van der Waals surface area contributed by atoms with E-state index < -0.39 is 5.91 Å². The van der Waals surface area contributed by atoms with E-state index in [0.29, 0.717) is 17.5 Å². The number of nitrogens with one attached hydrogen (secondary N) is 1. The van der Waals surface area contributed by atoms with Crippen LogP contribution in [0.3, 0.4) is 0 Å². The molecule has 1 aliphatic rings. The van der Waals surface area contributed by atoms with Gasteiger partial charge in [-0.25, -0.2) is 9.50 Å². The molecule has 3 atom stereocenters. The lowest BCUT2D eigenvalue weighted by Crippen LogP contribution is -2.31. The number of carbonyl (C=O) groups excluding carboxylic acids is 2. The lowest BCUT2D eigenvalue weighted by molar-refractivity contribution is 0.0921. The minimum atomic E-state index is -0.626. The Hall–Kier alpha value is -3.22. The molecular formula is C19H19N5O2. The summed E-state index contributed by atoms with van der Waals surface area (Å²) in [6.07, 6.45) is 3.90. The molecule has 0 spiro atoms. The molecule has 2 amide bonds. The number of hydrogen-bond donors (Lipinski definition) is 2. The molecule has 2 aromatic heterocycles. The van der Waals surface area contributed by atoms with Gasteiger partial charge >= 0.3 is 0 Å². The average molecular weight is 349 g/mol. The van der Waals surface area contributed by atoms with E-state index in [-0.39, 0.29) is 23.2 Å². The fourth-order valence-electron chi connectivity index (χ4n) is 3.37. The number of nitrogens with zero attached hydrogens (tertiary/aromatic N) is 3. The van der Waals surface area contributed by atoms with Crippen molar-refractivity contribution in [1.82, 2.24) is 19.9 Å². The number of aromatic nitrogens is 3. The van der Waals surface area contributed by atoms with Crippen molar-refractivity contribution in [3.63, 3.8) is 0 Å². The first-order chi connectivity index (χ1) is 12.6. The van der Waals surface area contributed by atoms with Crippen LogP contribution in [0.2, 0.25) is 0 Å². The summed E-state index contributed by atoms with van der Waals surface area (Å²) in [5.74, 6) is 0.102. The number of carbonyl (C=O) groups is 2. The quantitative estimate of drug-likeness (QED) is 0.735. The first kappa shape index (κ1) is 16.3. The Morgan fingerprint density at radius 3 is 2.65 bits per heavy atom. The van der Waals surface area contributed by atoms with Crippen molar-refractivity contribution in [1.29, 1.82) is 0 Å². The Kier molecular flexibility index (Phi) is 3.91. The molecule has 1 aromatic carbocycles. The Labute approximate surface area is 150 Å². The summed E-state index contributed by atoms with van der Waals surface area (Å²) < 4.78 is 1.35. The largest absolute Gasteiger partial charge is 0.365 e. The van der Waals surface area contributed by atoms with Gasteiger partial charge in [-0.2, -0.15) is 5.10 Å². The molecule has 7 heteroatoms. The van der Waals surface area contributed by atoms with Crippen molar-refractivity contribution in [2.75, 3.05) is 0 Å². The predicted molar refractivity (Wildman–Crippen MR) is 95.4 cm³/mol. The van der Waals surface area contributed by atoms with Crippen molar-refractivity contribution in [3.05, 3.63) is 65.6 Å². The maximum Gasteiger partial charge on any atom is 0.270 e. The van der Waals surface area contributed by atoms with Crippen molar-refractivity contribution < 1.29 is 9.59 Å². The van der Waals surface area contributed by atoms with Gasteiger partial charge in [0, 0.05) is 6.20 Å². The zero-order valence-electron chi connectivity index (χ0n) is 14.3. The molecule has 0 unspecified atom stereocenters. The van der Waals surface area contributed by atoms with Gasteiger partial charge < -0.3 is 11.1 Å². The van der Waals surface area contributed by atoms with Crippen LogP contribution in [0.4, 0.5) is 0 Å². The van der Waals surface area contributed by atoms with Crippen LogP contribution >= 0.6 is 0 Å². The second-order valence-electron chi connectivity index (χ2n) is 6.73. The molecule has 1 saturated carbocycles. The van der Waals surface area contributed by atoms with E-state index in [9.17, 15) is 9.59 Å². The highest BCUT2D eigenvalue weighted by Gasteiger charge is 2.41. The van der Waals surface area contributed by atoms with Crippen LogP contribution in [0.15, 0.2) is 48.8 Å². The molecule has 7 nitrogen and oxygen atoms in total. The van der Waals surface area contributed by atoms with Gasteiger partial charge in [-0.1, -0.05) is 37.3 Å². The second kappa shape index (κ2) is 6.25. The number of nitrogens with two attached hydrogens (primary N) is 1. The van der Waals surface area contributed by atoms with Gasteiger partial charge in [-0.15, -0.1) is 0 Å². The number of fused-ring (bicyclic) bond motifs is 1. The normalized spacial score (nSPS) is 19.9. The second-order valence-corrected chi connectivity index (χ2v) is 6.73. The van der Waals surface area contributed by atoms with Gasteiger partial charge in [-0.05, 0) is 29.9 Å². The van der Waals surface area contributed by atoms with E-state index in [1.807, 2.05) is 30.3 Å². The van der Waals surface area contributed by atoms with Gasteiger partial charge in [0.15, 0.2) is 5.65 Å². The lowest BCUT2D eigenvalue weighted by Gasteiger charge is -2.19. The first-order valence-corrected chi connectivity index (χ1v) is 8.54. The molecule has 1 fully saturated rings. The highest BCUT2D eigenvalue weighted by molar-refractivity contribution is 5.99. The minimum Gasteiger partial charge on any atom is -0.365 e. The van der Waals surface area contributed by atoms with E-state index >= 15 is 0 Å². The molecule has 4 rings (SSSR count). The Morgan fingerprint density at radius 2 is 2.00 bits per heavy atom. The van der Waals surface area contributed by atoms with E-state index in [4.69, 9.17) is 5.73 Å². The molecule has 0 radical (unpaired) electrons. The fourth-order valence-corrected chi connectivity index (χ4v) is 3.37. The van der Waals surface area contributed by atoms with Crippen LogP contribution in [0.25, 0.3) is 5.65 Å².